The Labute approximate surface area is 141 Å². The summed E-state index contributed by atoms with van der Waals surface area (Å²) in [5.74, 6) is 2.36. The molecule has 1 aromatic carbocycles. The van der Waals surface area contributed by atoms with Crippen molar-refractivity contribution in [2.45, 2.75) is 50.7 Å². The molecule has 2 heterocycles. The third kappa shape index (κ3) is 2.82. The molecule has 0 radical (unpaired) electrons. The van der Waals surface area contributed by atoms with Crippen LogP contribution >= 0.6 is 0 Å². The molecule has 0 unspecified atom stereocenters. The lowest BCUT2D eigenvalue weighted by Crippen LogP contribution is -2.49. The molecule has 1 fully saturated rings. The molecule has 0 bridgehead atoms. The molecular formula is C18H23N5O. The monoisotopic (exact) mass is 325 g/mol. The van der Waals surface area contributed by atoms with Crippen LogP contribution in [0.1, 0.15) is 48.9 Å². The van der Waals surface area contributed by atoms with Crippen molar-refractivity contribution in [1.29, 1.82) is 0 Å². The molecule has 1 amide bonds. The molecule has 6 nitrogen and oxygen atoms in total. The molecule has 126 valence electrons. The van der Waals surface area contributed by atoms with Gasteiger partial charge in [0.2, 0.25) is 5.91 Å². The summed E-state index contributed by atoms with van der Waals surface area (Å²) in [4.78, 5) is 19.4. The summed E-state index contributed by atoms with van der Waals surface area (Å²) in [5.41, 5.74) is 7.28. The lowest BCUT2D eigenvalue weighted by atomic mass is 10.0. The van der Waals surface area contributed by atoms with Gasteiger partial charge in [0.05, 0.1) is 18.6 Å². The van der Waals surface area contributed by atoms with Crippen LogP contribution in [-0.4, -0.2) is 38.2 Å². The summed E-state index contributed by atoms with van der Waals surface area (Å²) in [6.45, 7) is 3.36. The van der Waals surface area contributed by atoms with E-state index in [2.05, 4.69) is 10.1 Å². The van der Waals surface area contributed by atoms with E-state index in [4.69, 9.17) is 5.73 Å². The Morgan fingerprint density at radius 2 is 2.04 bits per heavy atom. The van der Waals surface area contributed by atoms with Gasteiger partial charge in [0.25, 0.3) is 0 Å². The van der Waals surface area contributed by atoms with Crippen LogP contribution in [0.5, 0.6) is 0 Å². The van der Waals surface area contributed by atoms with E-state index in [0.29, 0.717) is 25.4 Å². The van der Waals surface area contributed by atoms with Gasteiger partial charge in [0.1, 0.15) is 5.82 Å². The van der Waals surface area contributed by atoms with E-state index in [1.165, 1.54) is 12.8 Å². The molecule has 24 heavy (non-hydrogen) atoms. The average molecular weight is 325 g/mol. The Morgan fingerprint density at radius 1 is 1.29 bits per heavy atom. The first-order valence-electron chi connectivity index (χ1n) is 8.68. The summed E-state index contributed by atoms with van der Waals surface area (Å²) >= 11 is 0. The van der Waals surface area contributed by atoms with Crippen molar-refractivity contribution < 1.29 is 4.79 Å². The van der Waals surface area contributed by atoms with Crippen LogP contribution in [0, 0.1) is 0 Å². The van der Waals surface area contributed by atoms with Crippen LogP contribution in [0.25, 0.3) is 0 Å². The highest BCUT2D eigenvalue weighted by molar-refractivity contribution is 5.82. The summed E-state index contributed by atoms with van der Waals surface area (Å²) in [7, 11) is 0. The number of amides is 1. The average Bonchev–Trinajstić information content (AvgIpc) is 3.35. The van der Waals surface area contributed by atoms with E-state index in [9.17, 15) is 4.79 Å². The standard InChI is InChI=1S/C18H23N5O/c1-12-17-20-16(14-7-8-14)21-23(17)10-9-22(12)18(24)15(19)11-13-5-3-2-4-6-13/h2-6,12,14-15H,7-11,19H2,1H3/t12-,15-/m1/s1. The van der Waals surface area contributed by atoms with Crippen molar-refractivity contribution in [2.24, 2.45) is 5.73 Å². The van der Waals surface area contributed by atoms with E-state index in [1.807, 2.05) is 46.8 Å². The van der Waals surface area contributed by atoms with Crippen molar-refractivity contribution >= 4 is 5.91 Å². The second-order valence-corrected chi connectivity index (χ2v) is 6.83. The quantitative estimate of drug-likeness (QED) is 0.927. The first-order chi connectivity index (χ1) is 11.6. The zero-order valence-corrected chi connectivity index (χ0v) is 13.9. The third-order valence-corrected chi connectivity index (χ3v) is 4.95. The van der Waals surface area contributed by atoms with Gasteiger partial charge in [0.15, 0.2) is 5.82 Å². The normalized spacial score (nSPS) is 21.4. The molecule has 0 saturated heterocycles. The minimum Gasteiger partial charge on any atom is -0.330 e. The van der Waals surface area contributed by atoms with Crippen LogP contribution in [-0.2, 0) is 17.8 Å². The maximum absolute atomic E-state index is 12.8. The number of benzene rings is 1. The lowest BCUT2D eigenvalue weighted by molar-refractivity contribution is -0.136. The number of fused-ring (bicyclic) bond motifs is 1. The number of nitrogens with two attached hydrogens (primary N) is 1. The van der Waals surface area contributed by atoms with Crippen LogP contribution in [0.2, 0.25) is 0 Å². The Balaban J connectivity index is 1.48. The van der Waals surface area contributed by atoms with E-state index in [1.54, 1.807) is 0 Å². The fourth-order valence-electron chi connectivity index (χ4n) is 3.37. The molecule has 0 spiro atoms. The van der Waals surface area contributed by atoms with Crippen LogP contribution in [0.4, 0.5) is 0 Å². The first-order valence-corrected chi connectivity index (χ1v) is 8.68. The van der Waals surface area contributed by atoms with Crippen LogP contribution in [0.3, 0.4) is 0 Å². The van der Waals surface area contributed by atoms with Gasteiger partial charge >= 0.3 is 0 Å². The van der Waals surface area contributed by atoms with E-state index in [0.717, 1.165) is 17.2 Å². The molecule has 1 aliphatic heterocycles. The van der Waals surface area contributed by atoms with Gasteiger partial charge in [-0.25, -0.2) is 9.67 Å². The number of carbonyl (C=O) groups excluding carboxylic acids is 1. The summed E-state index contributed by atoms with van der Waals surface area (Å²) in [6.07, 6.45) is 2.92. The van der Waals surface area contributed by atoms with Gasteiger partial charge < -0.3 is 10.6 Å². The maximum Gasteiger partial charge on any atom is 0.240 e. The first kappa shape index (κ1) is 15.3. The number of hydrogen-bond acceptors (Lipinski definition) is 4. The van der Waals surface area contributed by atoms with Crippen LogP contribution in [0.15, 0.2) is 30.3 Å². The molecular weight excluding hydrogens is 302 g/mol. The van der Waals surface area contributed by atoms with Gasteiger partial charge in [-0.15, -0.1) is 0 Å². The molecule has 2 aromatic rings. The predicted molar refractivity (Wildman–Crippen MR) is 90.2 cm³/mol. The molecule has 1 aromatic heterocycles. The summed E-state index contributed by atoms with van der Waals surface area (Å²) < 4.78 is 1.96. The van der Waals surface area contributed by atoms with Gasteiger partial charge in [-0.3, -0.25) is 4.79 Å². The van der Waals surface area contributed by atoms with E-state index in [-0.39, 0.29) is 11.9 Å². The van der Waals surface area contributed by atoms with E-state index < -0.39 is 6.04 Å². The zero-order chi connectivity index (χ0) is 16.7. The highest BCUT2D eigenvalue weighted by Gasteiger charge is 2.35. The SMILES string of the molecule is C[C@@H]1c2nc(C3CC3)nn2CCN1C(=O)[C@H](N)Cc1ccccc1. The maximum atomic E-state index is 12.8. The largest absolute Gasteiger partial charge is 0.330 e. The Morgan fingerprint density at radius 3 is 2.75 bits per heavy atom. The molecule has 6 heteroatoms. The van der Waals surface area contributed by atoms with Gasteiger partial charge in [0, 0.05) is 12.5 Å². The molecule has 2 atom stereocenters. The van der Waals surface area contributed by atoms with Gasteiger partial charge in [-0.1, -0.05) is 30.3 Å². The Kier molecular flexibility index (Phi) is 3.84. The highest BCUT2D eigenvalue weighted by Crippen LogP contribution is 2.39. The molecule has 1 saturated carbocycles. The fourth-order valence-corrected chi connectivity index (χ4v) is 3.37. The molecule has 2 N–H and O–H groups in total. The summed E-state index contributed by atoms with van der Waals surface area (Å²) in [5, 5.41) is 4.61. The van der Waals surface area contributed by atoms with Gasteiger partial charge in [-0.05, 0) is 31.7 Å². The highest BCUT2D eigenvalue weighted by atomic mass is 16.2. The minimum atomic E-state index is -0.521. The topological polar surface area (TPSA) is 77.0 Å². The third-order valence-electron chi connectivity index (χ3n) is 4.95. The number of carbonyl (C=O) groups is 1. The van der Waals surface area contributed by atoms with Crippen molar-refractivity contribution in [1.82, 2.24) is 19.7 Å². The molecule has 4 rings (SSSR count). The number of rotatable bonds is 4. The van der Waals surface area contributed by atoms with Crippen molar-refractivity contribution in [3.63, 3.8) is 0 Å². The number of aromatic nitrogens is 3. The summed E-state index contributed by atoms with van der Waals surface area (Å²) in [6, 6.07) is 9.32. The molecule has 1 aliphatic carbocycles. The molecule has 2 aliphatic rings. The van der Waals surface area contributed by atoms with Crippen LogP contribution < -0.4 is 5.73 Å². The van der Waals surface area contributed by atoms with Gasteiger partial charge in [-0.2, -0.15) is 5.10 Å². The number of nitrogens with zero attached hydrogens (tertiary/aromatic N) is 4. The predicted octanol–water partition coefficient (Wildman–Crippen LogP) is 1.63. The fraction of sp³-hybridized carbons (Fsp3) is 0.500. The lowest BCUT2D eigenvalue weighted by Gasteiger charge is -2.34. The minimum absolute atomic E-state index is 0.00595. The van der Waals surface area contributed by atoms with Crippen molar-refractivity contribution in [2.75, 3.05) is 6.54 Å². The zero-order valence-electron chi connectivity index (χ0n) is 13.9. The van der Waals surface area contributed by atoms with Crippen molar-refractivity contribution in [3.8, 4) is 0 Å². The van der Waals surface area contributed by atoms with E-state index >= 15 is 0 Å². The smallest absolute Gasteiger partial charge is 0.240 e. The Bertz CT molecular complexity index is 737. The second-order valence-electron chi connectivity index (χ2n) is 6.83. The number of hydrogen-bond donors (Lipinski definition) is 1. The van der Waals surface area contributed by atoms with Crippen molar-refractivity contribution in [3.05, 3.63) is 47.5 Å². The Hall–Kier alpha value is -2.21. The second kappa shape index (κ2) is 6.02.